The number of hydrogen-bond acceptors (Lipinski definition) is 5. The zero-order chi connectivity index (χ0) is 12.9. The van der Waals surface area contributed by atoms with Crippen LogP contribution in [0.2, 0.25) is 0 Å². The van der Waals surface area contributed by atoms with Crippen LogP contribution in [0.25, 0.3) is 0 Å². The van der Waals surface area contributed by atoms with E-state index in [0.717, 1.165) is 0 Å². The third-order valence-electron chi connectivity index (χ3n) is 2.50. The predicted octanol–water partition coefficient (Wildman–Crippen LogP) is 1.31. The third-order valence-corrected chi connectivity index (χ3v) is 2.50. The van der Waals surface area contributed by atoms with Gasteiger partial charge in [0.15, 0.2) is 0 Å². The van der Waals surface area contributed by atoms with Crippen molar-refractivity contribution in [3.63, 3.8) is 0 Å². The van der Waals surface area contributed by atoms with Gasteiger partial charge in [-0.3, -0.25) is 0 Å². The van der Waals surface area contributed by atoms with Crippen molar-refractivity contribution in [3.05, 3.63) is 29.8 Å². The minimum Gasteiger partial charge on any atom is -0.497 e. The summed E-state index contributed by atoms with van der Waals surface area (Å²) in [6.07, 6.45) is 0. The minimum atomic E-state index is -1.54. The Kier molecular flexibility index (Phi) is 4.48. The molecule has 0 saturated carbocycles. The Morgan fingerprint density at radius 1 is 1.00 bits per heavy atom. The van der Waals surface area contributed by atoms with Gasteiger partial charge in [-0.25, -0.2) is 4.79 Å². The maximum atomic E-state index is 11.7. The van der Waals surface area contributed by atoms with Crippen molar-refractivity contribution in [2.45, 2.75) is 5.79 Å². The lowest BCUT2D eigenvalue weighted by molar-refractivity contribution is -0.233. The first kappa shape index (κ1) is 13.5. The molecule has 0 aromatic heterocycles. The monoisotopic (exact) mass is 240 g/mol. The molecule has 0 amide bonds. The van der Waals surface area contributed by atoms with Gasteiger partial charge in [0.05, 0.1) is 14.2 Å². The number of benzene rings is 1. The number of esters is 1. The zero-order valence-electron chi connectivity index (χ0n) is 10.4. The Morgan fingerprint density at radius 3 is 1.88 bits per heavy atom. The van der Waals surface area contributed by atoms with Crippen LogP contribution in [-0.4, -0.2) is 34.4 Å². The van der Waals surface area contributed by atoms with Crippen LogP contribution in [0.5, 0.6) is 5.75 Å². The fraction of sp³-hybridized carbons (Fsp3) is 0.417. The summed E-state index contributed by atoms with van der Waals surface area (Å²) in [7, 11) is 5.60. The maximum absolute atomic E-state index is 11.7. The van der Waals surface area contributed by atoms with Crippen LogP contribution in [-0.2, 0) is 24.8 Å². The van der Waals surface area contributed by atoms with Gasteiger partial charge in [0.1, 0.15) is 5.75 Å². The van der Waals surface area contributed by atoms with Gasteiger partial charge in [-0.2, -0.15) is 0 Å². The molecular formula is C12H16O5. The molecule has 0 N–H and O–H groups in total. The van der Waals surface area contributed by atoms with Crippen molar-refractivity contribution >= 4 is 5.97 Å². The van der Waals surface area contributed by atoms with Crippen LogP contribution < -0.4 is 4.74 Å². The van der Waals surface area contributed by atoms with Gasteiger partial charge in [-0.15, -0.1) is 0 Å². The molecule has 0 aliphatic carbocycles. The lowest BCUT2D eigenvalue weighted by atomic mass is 10.1. The third kappa shape index (κ3) is 2.40. The normalized spacial score (nSPS) is 11.1. The summed E-state index contributed by atoms with van der Waals surface area (Å²) in [5, 5.41) is 0. The molecule has 1 aromatic carbocycles. The molecule has 0 saturated heterocycles. The molecule has 17 heavy (non-hydrogen) atoms. The van der Waals surface area contributed by atoms with Crippen molar-refractivity contribution in [3.8, 4) is 5.75 Å². The van der Waals surface area contributed by atoms with Crippen molar-refractivity contribution < 1.29 is 23.7 Å². The Labute approximate surface area is 100 Å². The van der Waals surface area contributed by atoms with E-state index in [0.29, 0.717) is 11.3 Å². The highest BCUT2D eigenvalue weighted by atomic mass is 16.7. The summed E-state index contributed by atoms with van der Waals surface area (Å²) in [4.78, 5) is 11.7. The highest BCUT2D eigenvalue weighted by Crippen LogP contribution is 2.28. The summed E-state index contributed by atoms with van der Waals surface area (Å²) >= 11 is 0. The second-order valence-corrected chi connectivity index (χ2v) is 3.24. The summed E-state index contributed by atoms with van der Waals surface area (Å²) in [6, 6.07) is 6.79. The van der Waals surface area contributed by atoms with Gasteiger partial charge in [-0.05, 0) is 24.3 Å². The molecular weight excluding hydrogens is 224 g/mol. The molecule has 0 heterocycles. The van der Waals surface area contributed by atoms with E-state index in [9.17, 15) is 4.79 Å². The fourth-order valence-corrected chi connectivity index (χ4v) is 1.55. The molecule has 1 aromatic rings. The Hall–Kier alpha value is -1.59. The first-order chi connectivity index (χ1) is 8.14. The van der Waals surface area contributed by atoms with E-state index in [1.54, 1.807) is 31.4 Å². The quantitative estimate of drug-likeness (QED) is 0.574. The molecule has 0 atom stereocenters. The number of carbonyl (C=O) groups is 1. The molecule has 5 nitrogen and oxygen atoms in total. The van der Waals surface area contributed by atoms with E-state index >= 15 is 0 Å². The summed E-state index contributed by atoms with van der Waals surface area (Å²) in [5.41, 5.74) is 0.537. The highest BCUT2D eigenvalue weighted by molar-refractivity contribution is 5.79. The number of hydrogen-bond donors (Lipinski definition) is 0. The van der Waals surface area contributed by atoms with Crippen LogP contribution in [0.15, 0.2) is 24.3 Å². The Bertz CT molecular complexity index is 367. The Balaban J connectivity index is 3.17. The van der Waals surface area contributed by atoms with Crippen LogP contribution in [0.3, 0.4) is 0 Å². The second kappa shape index (κ2) is 5.65. The summed E-state index contributed by atoms with van der Waals surface area (Å²) in [6.45, 7) is 0. The standard InChI is InChI=1S/C12H16O5/c1-14-10-7-5-9(6-8-10)12(16-3,17-4)11(13)15-2/h5-8H,1-4H3. The largest absolute Gasteiger partial charge is 0.497 e. The van der Waals surface area contributed by atoms with Gasteiger partial charge < -0.3 is 18.9 Å². The number of ether oxygens (including phenoxy) is 4. The van der Waals surface area contributed by atoms with E-state index in [-0.39, 0.29) is 0 Å². The first-order valence-electron chi connectivity index (χ1n) is 4.97. The molecule has 0 aliphatic rings. The second-order valence-electron chi connectivity index (χ2n) is 3.24. The number of carbonyl (C=O) groups excluding carboxylic acids is 1. The van der Waals surface area contributed by atoms with Crippen LogP contribution in [0.1, 0.15) is 5.56 Å². The van der Waals surface area contributed by atoms with Crippen molar-refractivity contribution in [2.24, 2.45) is 0 Å². The summed E-state index contributed by atoms with van der Waals surface area (Å²) in [5.74, 6) is -1.48. The Morgan fingerprint density at radius 2 is 1.53 bits per heavy atom. The molecule has 0 bridgehead atoms. The molecule has 94 valence electrons. The van der Waals surface area contributed by atoms with Crippen molar-refractivity contribution in [1.29, 1.82) is 0 Å². The van der Waals surface area contributed by atoms with Gasteiger partial charge in [0, 0.05) is 19.8 Å². The van der Waals surface area contributed by atoms with E-state index in [1.807, 2.05) is 0 Å². The first-order valence-corrected chi connectivity index (χ1v) is 4.97. The van der Waals surface area contributed by atoms with Gasteiger partial charge >= 0.3 is 5.97 Å². The molecule has 0 fully saturated rings. The van der Waals surface area contributed by atoms with Crippen LogP contribution in [0, 0.1) is 0 Å². The molecule has 0 aliphatic heterocycles. The van der Waals surface area contributed by atoms with E-state index < -0.39 is 11.8 Å². The van der Waals surface area contributed by atoms with Crippen molar-refractivity contribution in [2.75, 3.05) is 28.4 Å². The number of rotatable bonds is 5. The van der Waals surface area contributed by atoms with Gasteiger partial charge in [0.25, 0.3) is 5.79 Å². The maximum Gasteiger partial charge on any atom is 0.371 e. The van der Waals surface area contributed by atoms with Gasteiger partial charge in [-0.1, -0.05) is 0 Å². The van der Waals surface area contributed by atoms with Crippen molar-refractivity contribution in [1.82, 2.24) is 0 Å². The minimum absolute atomic E-state index is 0.537. The molecule has 0 radical (unpaired) electrons. The SMILES string of the molecule is COC(=O)C(OC)(OC)c1ccc(OC)cc1. The highest BCUT2D eigenvalue weighted by Gasteiger charge is 2.42. The lowest BCUT2D eigenvalue weighted by Crippen LogP contribution is -2.40. The smallest absolute Gasteiger partial charge is 0.371 e. The van der Waals surface area contributed by atoms with Crippen LogP contribution >= 0.6 is 0 Å². The molecule has 0 unspecified atom stereocenters. The van der Waals surface area contributed by atoms with E-state index in [4.69, 9.17) is 14.2 Å². The van der Waals surface area contributed by atoms with Crippen LogP contribution in [0.4, 0.5) is 0 Å². The van der Waals surface area contributed by atoms with Gasteiger partial charge in [0.2, 0.25) is 0 Å². The van der Waals surface area contributed by atoms with E-state index in [1.165, 1.54) is 21.3 Å². The summed E-state index contributed by atoms with van der Waals surface area (Å²) < 4.78 is 20.0. The average Bonchev–Trinajstić information content (AvgIpc) is 2.41. The topological polar surface area (TPSA) is 54.0 Å². The zero-order valence-corrected chi connectivity index (χ0v) is 10.4. The lowest BCUT2D eigenvalue weighted by Gasteiger charge is -2.27. The molecule has 1 rings (SSSR count). The molecule has 0 spiro atoms. The van der Waals surface area contributed by atoms with E-state index in [2.05, 4.69) is 4.74 Å². The predicted molar refractivity (Wildman–Crippen MR) is 60.7 cm³/mol. The fourth-order valence-electron chi connectivity index (χ4n) is 1.55. The molecule has 5 heteroatoms. The number of methoxy groups -OCH3 is 4. The average molecular weight is 240 g/mol.